The van der Waals surface area contributed by atoms with Crippen LogP contribution in [0.1, 0.15) is 15.9 Å². The first-order valence-corrected chi connectivity index (χ1v) is 8.28. The summed E-state index contributed by atoms with van der Waals surface area (Å²) in [6.07, 6.45) is 4.48. The minimum absolute atomic E-state index is 0.264. The van der Waals surface area contributed by atoms with Gasteiger partial charge in [0.25, 0.3) is 0 Å². The largest absolute Gasteiger partial charge is 0.493 e. The highest BCUT2D eigenvalue weighted by Gasteiger charge is 2.13. The number of Topliss-reactive ketones (excluding diaryl/α,β-unsaturated/α-hetero) is 1. The zero-order valence-corrected chi connectivity index (χ0v) is 15.0. The maximum absolute atomic E-state index is 12.3. The van der Waals surface area contributed by atoms with Crippen molar-refractivity contribution in [2.75, 3.05) is 20.8 Å². The Morgan fingerprint density at radius 3 is 2.59 bits per heavy atom. The molecule has 27 heavy (non-hydrogen) atoms. The van der Waals surface area contributed by atoms with E-state index in [9.17, 15) is 9.59 Å². The number of esters is 1. The number of ketones is 1. The second-order valence-corrected chi connectivity index (χ2v) is 5.73. The number of fused-ring (bicyclic) bond motifs is 1. The molecule has 0 unspecified atom stereocenters. The Balaban J connectivity index is 1.61. The van der Waals surface area contributed by atoms with Gasteiger partial charge < -0.3 is 19.2 Å². The highest BCUT2D eigenvalue weighted by Crippen LogP contribution is 2.28. The molecular weight excluding hydrogens is 346 g/mol. The highest BCUT2D eigenvalue weighted by atomic mass is 16.5. The van der Waals surface area contributed by atoms with Crippen molar-refractivity contribution < 1.29 is 23.8 Å². The predicted molar refractivity (Wildman–Crippen MR) is 102 cm³/mol. The summed E-state index contributed by atoms with van der Waals surface area (Å²) in [5.74, 6) is 0.294. The summed E-state index contributed by atoms with van der Waals surface area (Å²) in [7, 11) is 3.09. The van der Waals surface area contributed by atoms with Gasteiger partial charge in [0, 0.05) is 28.7 Å². The van der Waals surface area contributed by atoms with E-state index < -0.39 is 5.97 Å². The van der Waals surface area contributed by atoms with Crippen LogP contribution in [0.2, 0.25) is 0 Å². The summed E-state index contributed by atoms with van der Waals surface area (Å²) < 4.78 is 15.4. The molecule has 3 aromatic rings. The number of methoxy groups -OCH3 is 2. The van der Waals surface area contributed by atoms with Gasteiger partial charge in [0.2, 0.25) is 5.78 Å². The van der Waals surface area contributed by atoms with Gasteiger partial charge in [-0.3, -0.25) is 4.79 Å². The number of carbonyl (C=O) groups is 2. The van der Waals surface area contributed by atoms with Gasteiger partial charge in [0.05, 0.1) is 14.2 Å². The lowest BCUT2D eigenvalue weighted by Crippen LogP contribution is -2.12. The van der Waals surface area contributed by atoms with E-state index in [1.807, 2.05) is 24.3 Å². The Morgan fingerprint density at radius 2 is 1.81 bits per heavy atom. The van der Waals surface area contributed by atoms with Gasteiger partial charge in [0.15, 0.2) is 18.1 Å². The van der Waals surface area contributed by atoms with Gasteiger partial charge in [-0.25, -0.2) is 4.79 Å². The topological polar surface area (TPSA) is 77.6 Å². The summed E-state index contributed by atoms with van der Waals surface area (Å²) in [6.45, 7) is -0.322. The number of benzene rings is 2. The lowest BCUT2D eigenvalue weighted by atomic mass is 10.1. The fourth-order valence-corrected chi connectivity index (χ4v) is 2.69. The van der Waals surface area contributed by atoms with E-state index in [0.717, 1.165) is 16.5 Å². The van der Waals surface area contributed by atoms with E-state index in [4.69, 9.17) is 14.2 Å². The number of hydrogen-bond donors (Lipinski definition) is 1. The van der Waals surface area contributed by atoms with Crippen LogP contribution in [0.4, 0.5) is 0 Å². The maximum Gasteiger partial charge on any atom is 0.331 e. The van der Waals surface area contributed by atoms with Gasteiger partial charge in [-0.15, -0.1) is 0 Å². The van der Waals surface area contributed by atoms with Crippen LogP contribution in [0.3, 0.4) is 0 Å². The van der Waals surface area contributed by atoms with Crippen molar-refractivity contribution in [3.63, 3.8) is 0 Å². The smallest absolute Gasteiger partial charge is 0.331 e. The van der Waals surface area contributed by atoms with E-state index in [0.29, 0.717) is 17.1 Å². The summed E-state index contributed by atoms with van der Waals surface area (Å²) in [5.41, 5.74) is 2.11. The molecule has 6 heteroatoms. The third-order valence-corrected chi connectivity index (χ3v) is 4.05. The fourth-order valence-electron chi connectivity index (χ4n) is 2.69. The quantitative estimate of drug-likeness (QED) is 0.393. The number of para-hydroxylation sites is 1. The third-order valence-electron chi connectivity index (χ3n) is 4.05. The number of nitrogens with one attached hydrogen (secondary N) is 1. The molecule has 2 aromatic carbocycles. The lowest BCUT2D eigenvalue weighted by Gasteiger charge is -2.07. The number of hydrogen-bond acceptors (Lipinski definition) is 5. The summed E-state index contributed by atoms with van der Waals surface area (Å²) >= 11 is 0. The maximum atomic E-state index is 12.3. The molecule has 1 N–H and O–H groups in total. The van der Waals surface area contributed by atoms with E-state index in [1.165, 1.54) is 13.2 Å². The van der Waals surface area contributed by atoms with E-state index in [2.05, 4.69) is 4.98 Å². The number of ether oxygens (including phenoxy) is 3. The Kier molecular flexibility index (Phi) is 5.56. The van der Waals surface area contributed by atoms with Crippen LogP contribution in [-0.4, -0.2) is 37.6 Å². The zero-order valence-electron chi connectivity index (χ0n) is 15.0. The Labute approximate surface area is 156 Å². The molecule has 1 heterocycles. The van der Waals surface area contributed by atoms with Gasteiger partial charge in [0.1, 0.15) is 0 Å². The molecule has 0 saturated carbocycles. The number of carbonyl (C=O) groups excluding carboxylic acids is 2. The molecule has 0 aliphatic heterocycles. The van der Waals surface area contributed by atoms with Crippen molar-refractivity contribution in [2.45, 2.75) is 0 Å². The Hall–Kier alpha value is -3.54. The van der Waals surface area contributed by atoms with Crippen molar-refractivity contribution in [1.82, 2.24) is 4.98 Å². The molecule has 0 amide bonds. The molecule has 0 saturated heterocycles. The van der Waals surface area contributed by atoms with Crippen LogP contribution in [0.25, 0.3) is 17.0 Å². The molecule has 0 aliphatic carbocycles. The van der Waals surface area contributed by atoms with Crippen molar-refractivity contribution >= 4 is 28.7 Å². The number of aromatic nitrogens is 1. The minimum atomic E-state index is -0.599. The van der Waals surface area contributed by atoms with Crippen LogP contribution in [0.5, 0.6) is 11.5 Å². The molecule has 138 valence electrons. The van der Waals surface area contributed by atoms with Crippen LogP contribution in [0, 0.1) is 0 Å². The summed E-state index contributed by atoms with van der Waals surface area (Å²) in [4.78, 5) is 27.2. The third kappa shape index (κ3) is 4.17. The van der Waals surface area contributed by atoms with Gasteiger partial charge >= 0.3 is 5.97 Å². The Morgan fingerprint density at radius 1 is 1.04 bits per heavy atom. The predicted octanol–water partition coefficient (Wildman–Crippen LogP) is 3.62. The van der Waals surface area contributed by atoms with Gasteiger partial charge in [-0.05, 0) is 29.8 Å². The fraction of sp³-hybridized carbons (Fsp3) is 0.143. The van der Waals surface area contributed by atoms with Crippen molar-refractivity contribution in [3.05, 3.63) is 65.9 Å². The number of aromatic amines is 1. The molecular formula is C21H19NO5. The number of rotatable bonds is 7. The molecule has 3 rings (SSSR count). The molecule has 0 radical (unpaired) electrons. The first-order valence-electron chi connectivity index (χ1n) is 8.28. The van der Waals surface area contributed by atoms with E-state index in [1.54, 1.807) is 37.6 Å². The van der Waals surface area contributed by atoms with Crippen LogP contribution < -0.4 is 9.47 Å². The van der Waals surface area contributed by atoms with E-state index in [-0.39, 0.29) is 12.4 Å². The second kappa shape index (κ2) is 8.23. The van der Waals surface area contributed by atoms with Gasteiger partial charge in [-0.1, -0.05) is 24.3 Å². The van der Waals surface area contributed by atoms with Crippen LogP contribution in [0.15, 0.2) is 54.7 Å². The SMILES string of the molecule is COc1ccc(C=CC(=O)OCC(=O)c2c[nH]c3ccccc23)cc1OC. The lowest BCUT2D eigenvalue weighted by molar-refractivity contribution is -0.136. The average molecular weight is 365 g/mol. The van der Waals surface area contributed by atoms with Crippen molar-refractivity contribution in [1.29, 1.82) is 0 Å². The van der Waals surface area contributed by atoms with Crippen molar-refractivity contribution in [3.8, 4) is 11.5 Å². The molecule has 6 nitrogen and oxygen atoms in total. The average Bonchev–Trinajstić information content (AvgIpc) is 3.14. The molecule has 0 spiro atoms. The highest BCUT2D eigenvalue weighted by molar-refractivity contribution is 6.09. The van der Waals surface area contributed by atoms with Crippen LogP contribution in [-0.2, 0) is 9.53 Å². The minimum Gasteiger partial charge on any atom is -0.493 e. The zero-order chi connectivity index (χ0) is 19.2. The Bertz CT molecular complexity index is 1000. The van der Waals surface area contributed by atoms with Crippen molar-refractivity contribution in [2.24, 2.45) is 0 Å². The first kappa shape index (κ1) is 18.3. The summed E-state index contributed by atoms with van der Waals surface area (Å²) in [5, 5.41) is 0.805. The molecule has 0 fully saturated rings. The molecule has 0 aliphatic rings. The standard InChI is InChI=1S/C21H19NO5/c1-25-19-9-7-14(11-20(19)26-2)8-10-21(24)27-13-18(23)16-12-22-17-6-4-3-5-15(16)17/h3-12,22H,13H2,1-2H3. The monoisotopic (exact) mass is 365 g/mol. The molecule has 1 aromatic heterocycles. The molecule has 0 bridgehead atoms. The van der Waals surface area contributed by atoms with E-state index >= 15 is 0 Å². The van der Waals surface area contributed by atoms with Gasteiger partial charge in [-0.2, -0.15) is 0 Å². The molecule has 0 atom stereocenters. The number of H-pyrrole nitrogens is 1. The first-order chi connectivity index (χ1) is 13.1. The summed E-state index contributed by atoms with van der Waals surface area (Å²) in [6, 6.07) is 12.7. The second-order valence-electron chi connectivity index (χ2n) is 5.73. The normalized spacial score (nSPS) is 10.9. The van der Waals surface area contributed by atoms with Crippen LogP contribution >= 0.6 is 0 Å².